The molecule has 0 bridgehead atoms. The quantitative estimate of drug-likeness (QED) is 0.772. The van der Waals surface area contributed by atoms with Crippen molar-refractivity contribution in [3.05, 3.63) is 35.4 Å². The van der Waals surface area contributed by atoms with Gasteiger partial charge in [-0.15, -0.1) is 0 Å². The Balaban J connectivity index is 1.91. The van der Waals surface area contributed by atoms with Gasteiger partial charge in [0.15, 0.2) is 0 Å². The Morgan fingerprint density at radius 3 is 2.65 bits per heavy atom. The molecule has 1 atom stereocenters. The number of carbonyl (C=O) groups excluding carboxylic acids is 1. The van der Waals surface area contributed by atoms with Crippen molar-refractivity contribution in [2.24, 2.45) is 5.41 Å². The number of ether oxygens (including phenoxy) is 1. The van der Waals surface area contributed by atoms with E-state index in [0.29, 0.717) is 25.1 Å². The SMILES string of the molecule is COCC1(C(=O)NCCC(C)c2cccc(C(F)(F)F)c2)CCNCC1. The monoisotopic (exact) mass is 372 g/mol. The number of rotatable bonds is 7. The molecule has 7 heteroatoms. The second kappa shape index (κ2) is 8.86. The van der Waals surface area contributed by atoms with E-state index in [-0.39, 0.29) is 11.8 Å². The molecular weight excluding hydrogens is 345 g/mol. The summed E-state index contributed by atoms with van der Waals surface area (Å²) >= 11 is 0. The molecule has 0 saturated carbocycles. The molecule has 2 N–H and O–H groups in total. The fraction of sp³-hybridized carbons (Fsp3) is 0.632. The summed E-state index contributed by atoms with van der Waals surface area (Å²) in [6, 6.07) is 5.38. The number of methoxy groups -OCH3 is 1. The van der Waals surface area contributed by atoms with Crippen LogP contribution in [0.1, 0.15) is 43.2 Å². The number of nitrogens with one attached hydrogen (secondary N) is 2. The molecule has 1 aromatic rings. The van der Waals surface area contributed by atoms with E-state index in [2.05, 4.69) is 10.6 Å². The summed E-state index contributed by atoms with van der Waals surface area (Å²) < 4.78 is 43.8. The van der Waals surface area contributed by atoms with Crippen molar-refractivity contribution in [2.45, 2.75) is 38.3 Å². The first-order valence-electron chi connectivity index (χ1n) is 8.93. The first kappa shape index (κ1) is 20.7. The number of hydrogen-bond donors (Lipinski definition) is 2. The van der Waals surface area contributed by atoms with Crippen molar-refractivity contribution >= 4 is 5.91 Å². The Morgan fingerprint density at radius 1 is 1.35 bits per heavy atom. The summed E-state index contributed by atoms with van der Waals surface area (Å²) in [5, 5.41) is 6.19. The number of carbonyl (C=O) groups is 1. The van der Waals surface area contributed by atoms with E-state index >= 15 is 0 Å². The van der Waals surface area contributed by atoms with Gasteiger partial charge in [-0.1, -0.05) is 25.1 Å². The highest BCUT2D eigenvalue weighted by Crippen LogP contribution is 2.32. The molecule has 1 aliphatic heterocycles. The first-order valence-corrected chi connectivity index (χ1v) is 8.93. The van der Waals surface area contributed by atoms with Crippen LogP contribution in [0.15, 0.2) is 24.3 Å². The second-order valence-electron chi connectivity index (χ2n) is 7.03. The van der Waals surface area contributed by atoms with Crippen molar-refractivity contribution < 1.29 is 22.7 Å². The van der Waals surface area contributed by atoms with Crippen LogP contribution < -0.4 is 10.6 Å². The number of amides is 1. The second-order valence-corrected chi connectivity index (χ2v) is 7.03. The minimum Gasteiger partial charge on any atom is -0.384 e. The Kier molecular flexibility index (Phi) is 7.06. The summed E-state index contributed by atoms with van der Waals surface area (Å²) in [5.74, 6) is -0.110. The van der Waals surface area contributed by atoms with Crippen molar-refractivity contribution in [1.29, 1.82) is 0 Å². The summed E-state index contributed by atoms with van der Waals surface area (Å²) in [6.07, 6.45) is -2.33. The van der Waals surface area contributed by atoms with Crippen LogP contribution in [-0.4, -0.2) is 39.3 Å². The number of benzene rings is 1. The van der Waals surface area contributed by atoms with Gasteiger partial charge in [0.1, 0.15) is 0 Å². The molecule has 146 valence electrons. The van der Waals surface area contributed by atoms with Gasteiger partial charge in [-0.3, -0.25) is 4.79 Å². The first-order chi connectivity index (χ1) is 12.3. The molecular formula is C19H27F3N2O2. The average molecular weight is 372 g/mol. The Bertz CT molecular complexity index is 593. The van der Waals surface area contributed by atoms with Gasteiger partial charge in [0.05, 0.1) is 17.6 Å². The van der Waals surface area contributed by atoms with Gasteiger partial charge >= 0.3 is 6.18 Å². The maximum Gasteiger partial charge on any atom is 0.416 e. The van der Waals surface area contributed by atoms with Gasteiger partial charge in [-0.2, -0.15) is 13.2 Å². The number of halogens is 3. The third-order valence-electron chi connectivity index (χ3n) is 5.11. The average Bonchev–Trinajstić information content (AvgIpc) is 2.62. The topological polar surface area (TPSA) is 50.4 Å². The zero-order chi connectivity index (χ0) is 19.2. The van der Waals surface area contributed by atoms with Crippen molar-refractivity contribution in [2.75, 3.05) is 33.4 Å². The molecule has 1 unspecified atom stereocenters. The highest BCUT2D eigenvalue weighted by Gasteiger charge is 2.39. The molecule has 1 amide bonds. The van der Waals surface area contributed by atoms with Gasteiger partial charge in [-0.25, -0.2) is 0 Å². The molecule has 1 aliphatic rings. The van der Waals surface area contributed by atoms with E-state index in [1.807, 2.05) is 6.92 Å². The van der Waals surface area contributed by atoms with Crippen LogP contribution in [-0.2, 0) is 15.7 Å². The molecule has 1 aromatic carbocycles. The lowest BCUT2D eigenvalue weighted by atomic mass is 9.78. The summed E-state index contributed by atoms with van der Waals surface area (Å²) in [4.78, 5) is 12.6. The molecule has 0 aromatic heterocycles. The maximum absolute atomic E-state index is 12.8. The third-order valence-corrected chi connectivity index (χ3v) is 5.11. The lowest BCUT2D eigenvalue weighted by molar-refractivity contribution is -0.137. The number of alkyl halides is 3. The van der Waals surface area contributed by atoms with Crippen molar-refractivity contribution in [3.8, 4) is 0 Å². The van der Waals surface area contributed by atoms with Crippen LogP contribution >= 0.6 is 0 Å². The van der Waals surface area contributed by atoms with Crippen LogP contribution in [0.3, 0.4) is 0 Å². The van der Waals surface area contributed by atoms with Crippen LogP contribution in [0.5, 0.6) is 0 Å². The number of piperidine rings is 1. The van der Waals surface area contributed by atoms with Gasteiger partial charge < -0.3 is 15.4 Å². The Hall–Kier alpha value is -1.60. The minimum atomic E-state index is -4.34. The van der Waals surface area contributed by atoms with Gasteiger partial charge in [0.25, 0.3) is 0 Å². The Labute approximate surface area is 152 Å². The van der Waals surface area contributed by atoms with Gasteiger partial charge in [0.2, 0.25) is 5.91 Å². The summed E-state index contributed by atoms with van der Waals surface area (Å²) in [7, 11) is 1.59. The number of hydrogen-bond acceptors (Lipinski definition) is 3. The fourth-order valence-corrected chi connectivity index (χ4v) is 3.40. The lowest BCUT2D eigenvalue weighted by Gasteiger charge is -2.35. The minimum absolute atomic E-state index is 0.0305. The van der Waals surface area contributed by atoms with Crippen LogP contribution in [0.2, 0.25) is 0 Å². The molecule has 2 rings (SSSR count). The van der Waals surface area contributed by atoms with E-state index in [1.165, 1.54) is 12.1 Å². The predicted molar refractivity (Wildman–Crippen MR) is 93.9 cm³/mol. The standard InChI is InChI=1S/C19H27F3N2O2/c1-14(15-4-3-5-16(12-15)19(20,21)22)6-9-24-17(25)18(13-26-2)7-10-23-11-8-18/h3-5,12,14,23H,6-11,13H2,1-2H3,(H,24,25). The highest BCUT2D eigenvalue weighted by molar-refractivity contribution is 5.83. The lowest BCUT2D eigenvalue weighted by Crippen LogP contribution is -2.50. The van der Waals surface area contributed by atoms with E-state index in [4.69, 9.17) is 4.74 Å². The van der Waals surface area contributed by atoms with E-state index in [9.17, 15) is 18.0 Å². The molecule has 1 saturated heterocycles. The van der Waals surface area contributed by atoms with Crippen molar-refractivity contribution in [1.82, 2.24) is 10.6 Å². The molecule has 26 heavy (non-hydrogen) atoms. The molecule has 0 spiro atoms. The molecule has 4 nitrogen and oxygen atoms in total. The van der Waals surface area contributed by atoms with E-state index < -0.39 is 17.2 Å². The molecule has 0 aliphatic carbocycles. The van der Waals surface area contributed by atoms with E-state index in [0.717, 1.165) is 32.0 Å². The normalized spacial score (nSPS) is 18.3. The third kappa shape index (κ3) is 5.20. The van der Waals surface area contributed by atoms with Crippen LogP contribution in [0.25, 0.3) is 0 Å². The zero-order valence-electron chi connectivity index (χ0n) is 15.3. The fourth-order valence-electron chi connectivity index (χ4n) is 3.40. The highest BCUT2D eigenvalue weighted by atomic mass is 19.4. The van der Waals surface area contributed by atoms with Crippen molar-refractivity contribution in [3.63, 3.8) is 0 Å². The molecule has 1 heterocycles. The summed E-state index contributed by atoms with van der Waals surface area (Å²) in [6.45, 7) is 4.23. The Morgan fingerprint density at radius 2 is 2.04 bits per heavy atom. The van der Waals surface area contributed by atoms with Crippen LogP contribution in [0, 0.1) is 5.41 Å². The van der Waals surface area contributed by atoms with Gasteiger partial charge in [-0.05, 0) is 49.9 Å². The van der Waals surface area contributed by atoms with Crippen LogP contribution in [0.4, 0.5) is 13.2 Å². The maximum atomic E-state index is 12.8. The smallest absolute Gasteiger partial charge is 0.384 e. The molecule has 0 radical (unpaired) electrons. The molecule has 1 fully saturated rings. The predicted octanol–water partition coefficient (Wildman–Crippen LogP) is 3.33. The van der Waals surface area contributed by atoms with E-state index in [1.54, 1.807) is 13.2 Å². The largest absolute Gasteiger partial charge is 0.416 e. The zero-order valence-corrected chi connectivity index (χ0v) is 15.3. The van der Waals surface area contributed by atoms with Gasteiger partial charge in [0, 0.05) is 13.7 Å². The summed E-state index contributed by atoms with van der Waals surface area (Å²) in [5.41, 5.74) is -0.526.